The molecule has 2 heterocycles. The molecule has 0 saturated heterocycles. The van der Waals surface area contributed by atoms with Gasteiger partial charge in [0.2, 0.25) is 0 Å². The van der Waals surface area contributed by atoms with E-state index < -0.39 is 0 Å². The van der Waals surface area contributed by atoms with Gasteiger partial charge in [-0.2, -0.15) is 0 Å². The van der Waals surface area contributed by atoms with Gasteiger partial charge in [0.25, 0.3) is 0 Å². The zero-order chi connectivity index (χ0) is 15.5. The minimum absolute atomic E-state index is 0.297. The molecule has 0 saturated carbocycles. The molecule has 0 spiro atoms. The number of ether oxygens (including phenoxy) is 1. The SMILES string of the molecule is COC(=O)c1cccc(CN2CCc3cnc(C)nc3C2)c1. The molecule has 1 aliphatic rings. The average Bonchev–Trinajstić information content (AvgIpc) is 2.54. The Bertz CT molecular complexity index is 700. The minimum Gasteiger partial charge on any atom is -0.465 e. The molecule has 0 radical (unpaired) electrons. The first-order chi connectivity index (χ1) is 10.7. The fourth-order valence-electron chi connectivity index (χ4n) is 2.76. The van der Waals surface area contributed by atoms with Crippen molar-refractivity contribution in [3.63, 3.8) is 0 Å². The zero-order valence-corrected chi connectivity index (χ0v) is 12.9. The largest absolute Gasteiger partial charge is 0.465 e. The molecule has 0 atom stereocenters. The van der Waals surface area contributed by atoms with E-state index >= 15 is 0 Å². The highest BCUT2D eigenvalue weighted by Gasteiger charge is 2.18. The molecule has 22 heavy (non-hydrogen) atoms. The molecule has 0 amide bonds. The van der Waals surface area contributed by atoms with Crippen LogP contribution in [-0.4, -0.2) is 34.5 Å². The molecule has 1 aromatic carbocycles. The Balaban J connectivity index is 1.73. The highest BCUT2D eigenvalue weighted by Crippen LogP contribution is 2.19. The molecule has 3 rings (SSSR count). The number of aromatic nitrogens is 2. The van der Waals surface area contributed by atoms with Crippen LogP contribution < -0.4 is 0 Å². The van der Waals surface area contributed by atoms with Crippen LogP contribution in [-0.2, 0) is 24.2 Å². The van der Waals surface area contributed by atoms with E-state index in [-0.39, 0.29) is 5.97 Å². The number of methoxy groups -OCH3 is 1. The molecule has 5 nitrogen and oxygen atoms in total. The van der Waals surface area contributed by atoms with E-state index in [1.54, 1.807) is 6.07 Å². The van der Waals surface area contributed by atoms with E-state index in [9.17, 15) is 4.79 Å². The third-order valence-electron chi connectivity index (χ3n) is 3.90. The Morgan fingerprint density at radius 1 is 1.41 bits per heavy atom. The Hall–Kier alpha value is -2.27. The van der Waals surface area contributed by atoms with Crippen molar-refractivity contribution >= 4 is 5.97 Å². The van der Waals surface area contributed by atoms with Crippen molar-refractivity contribution in [1.82, 2.24) is 14.9 Å². The summed E-state index contributed by atoms with van der Waals surface area (Å²) in [6.07, 6.45) is 2.90. The molecule has 114 valence electrons. The summed E-state index contributed by atoms with van der Waals surface area (Å²) >= 11 is 0. The number of esters is 1. The van der Waals surface area contributed by atoms with E-state index in [2.05, 4.69) is 14.9 Å². The van der Waals surface area contributed by atoms with Crippen LogP contribution in [0.4, 0.5) is 0 Å². The maximum atomic E-state index is 11.6. The summed E-state index contributed by atoms with van der Waals surface area (Å²) in [4.78, 5) is 22.7. The molecule has 0 aliphatic carbocycles. The van der Waals surface area contributed by atoms with E-state index in [1.807, 2.05) is 31.3 Å². The quantitative estimate of drug-likeness (QED) is 0.812. The number of hydrogen-bond donors (Lipinski definition) is 0. The Kier molecular flexibility index (Phi) is 4.15. The number of carbonyl (C=O) groups excluding carboxylic acids is 1. The van der Waals surface area contributed by atoms with Gasteiger partial charge in [0.1, 0.15) is 5.82 Å². The monoisotopic (exact) mass is 297 g/mol. The summed E-state index contributed by atoms with van der Waals surface area (Å²) in [5, 5.41) is 0. The highest BCUT2D eigenvalue weighted by atomic mass is 16.5. The van der Waals surface area contributed by atoms with Crippen molar-refractivity contribution < 1.29 is 9.53 Å². The van der Waals surface area contributed by atoms with Gasteiger partial charge < -0.3 is 4.74 Å². The third-order valence-corrected chi connectivity index (χ3v) is 3.90. The highest BCUT2D eigenvalue weighted by molar-refractivity contribution is 5.89. The number of aryl methyl sites for hydroxylation is 1. The van der Waals surface area contributed by atoms with E-state index in [4.69, 9.17) is 4.74 Å². The lowest BCUT2D eigenvalue weighted by Crippen LogP contribution is -2.31. The normalized spacial score (nSPS) is 14.5. The van der Waals surface area contributed by atoms with Gasteiger partial charge in [-0.25, -0.2) is 14.8 Å². The Morgan fingerprint density at radius 3 is 3.09 bits per heavy atom. The summed E-state index contributed by atoms with van der Waals surface area (Å²) in [5.41, 5.74) is 4.06. The second kappa shape index (κ2) is 6.23. The topological polar surface area (TPSA) is 55.3 Å². The van der Waals surface area contributed by atoms with Crippen molar-refractivity contribution in [2.24, 2.45) is 0 Å². The van der Waals surface area contributed by atoms with Crippen LogP contribution in [0.3, 0.4) is 0 Å². The molecule has 1 aliphatic heterocycles. The van der Waals surface area contributed by atoms with Crippen LogP contribution in [0.15, 0.2) is 30.5 Å². The first-order valence-electron chi connectivity index (χ1n) is 7.36. The first-order valence-corrected chi connectivity index (χ1v) is 7.36. The Labute approximate surface area is 130 Å². The number of hydrogen-bond acceptors (Lipinski definition) is 5. The molecule has 0 fully saturated rings. The van der Waals surface area contributed by atoms with Gasteiger partial charge in [-0.05, 0) is 36.6 Å². The van der Waals surface area contributed by atoms with Crippen LogP contribution in [0.2, 0.25) is 0 Å². The van der Waals surface area contributed by atoms with Crippen molar-refractivity contribution in [2.45, 2.75) is 26.4 Å². The number of carbonyl (C=O) groups is 1. The maximum Gasteiger partial charge on any atom is 0.337 e. The number of nitrogens with zero attached hydrogens (tertiary/aromatic N) is 3. The molecular weight excluding hydrogens is 278 g/mol. The van der Waals surface area contributed by atoms with Gasteiger partial charge >= 0.3 is 5.97 Å². The zero-order valence-electron chi connectivity index (χ0n) is 12.9. The predicted octanol–water partition coefficient (Wildman–Crippen LogP) is 2.13. The second-order valence-corrected chi connectivity index (χ2v) is 5.54. The van der Waals surface area contributed by atoms with Crippen LogP contribution in [0.5, 0.6) is 0 Å². The van der Waals surface area contributed by atoms with Gasteiger partial charge in [0, 0.05) is 25.8 Å². The smallest absolute Gasteiger partial charge is 0.337 e. The van der Waals surface area contributed by atoms with Crippen LogP contribution in [0.25, 0.3) is 0 Å². The van der Waals surface area contributed by atoms with Crippen molar-refractivity contribution in [2.75, 3.05) is 13.7 Å². The third kappa shape index (κ3) is 3.14. The lowest BCUT2D eigenvalue weighted by Gasteiger charge is -2.28. The summed E-state index contributed by atoms with van der Waals surface area (Å²) in [6.45, 7) is 4.51. The van der Waals surface area contributed by atoms with E-state index in [1.165, 1.54) is 12.7 Å². The average molecular weight is 297 g/mol. The van der Waals surface area contributed by atoms with Gasteiger partial charge in [-0.15, -0.1) is 0 Å². The fraction of sp³-hybridized carbons (Fsp3) is 0.353. The van der Waals surface area contributed by atoms with Crippen molar-refractivity contribution in [1.29, 1.82) is 0 Å². The first kappa shape index (κ1) is 14.7. The number of fused-ring (bicyclic) bond motifs is 1. The second-order valence-electron chi connectivity index (χ2n) is 5.54. The van der Waals surface area contributed by atoms with Gasteiger partial charge in [-0.1, -0.05) is 12.1 Å². The van der Waals surface area contributed by atoms with Crippen LogP contribution in [0, 0.1) is 6.92 Å². The fourth-order valence-corrected chi connectivity index (χ4v) is 2.76. The van der Waals surface area contributed by atoms with Gasteiger partial charge in [0.15, 0.2) is 0 Å². The van der Waals surface area contributed by atoms with Crippen LogP contribution >= 0.6 is 0 Å². The standard InChI is InChI=1S/C17H19N3O2/c1-12-18-9-15-6-7-20(11-16(15)19-12)10-13-4-3-5-14(8-13)17(21)22-2/h3-5,8-9H,6-7,10-11H2,1-2H3. The number of rotatable bonds is 3. The predicted molar refractivity (Wildman–Crippen MR) is 82.4 cm³/mol. The molecule has 5 heteroatoms. The van der Waals surface area contributed by atoms with E-state index in [0.29, 0.717) is 5.56 Å². The van der Waals surface area contributed by atoms with Crippen molar-refractivity contribution in [3.05, 3.63) is 58.7 Å². The summed E-state index contributed by atoms with van der Waals surface area (Å²) < 4.78 is 4.77. The summed E-state index contributed by atoms with van der Waals surface area (Å²) in [6, 6.07) is 7.60. The summed E-state index contributed by atoms with van der Waals surface area (Å²) in [7, 11) is 1.40. The lowest BCUT2D eigenvalue weighted by molar-refractivity contribution is 0.0600. The molecule has 0 bridgehead atoms. The van der Waals surface area contributed by atoms with Crippen molar-refractivity contribution in [3.8, 4) is 0 Å². The summed E-state index contributed by atoms with van der Waals surface area (Å²) in [5.74, 6) is 0.516. The molecule has 0 unspecified atom stereocenters. The minimum atomic E-state index is -0.297. The van der Waals surface area contributed by atoms with Crippen LogP contribution in [0.1, 0.15) is 33.0 Å². The molecule has 0 N–H and O–H groups in total. The maximum absolute atomic E-state index is 11.6. The molecule has 1 aromatic heterocycles. The Morgan fingerprint density at radius 2 is 2.27 bits per heavy atom. The number of benzene rings is 1. The van der Waals surface area contributed by atoms with Gasteiger partial charge in [0.05, 0.1) is 18.4 Å². The lowest BCUT2D eigenvalue weighted by atomic mass is 10.1. The molecular formula is C17H19N3O2. The van der Waals surface area contributed by atoms with Gasteiger partial charge in [-0.3, -0.25) is 4.90 Å². The van der Waals surface area contributed by atoms with E-state index in [0.717, 1.165) is 43.1 Å². The molecule has 2 aromatic rings.